The van der Waals surface area contributed by atoms with E-state index in [4.69, 9.17) is 4.74 Å². The summed E-state index contributed by atoms with van der Waals surface area (Å²) in [7, 11) is 0. The molecule has 0 spiro atoms. The van der Waals surface area contributed by atoms with Crippen LogP contribution in [0.5, 0.6) is 0 Å². The Labute approximate surface area is 170 Å². The highest BCUT2D eigenvalue weighted by Gasteiger charge is 2.34. The van der Waals surface area contributed by atoms with Gasteiger partial charge in [-0.05, 0) is 12.8 Å². The smallest absolute Gasteiger partial charge is 0.308 e. The van der Waals surface area contributed by atoms with Crippen molar-refractivity contribution in [2.75, 3.05) is 19.7 Å². The molecule has 0 aromatic heterocycles. The van der Waals surface area contributed by atoms with E-state index in [1.165, 1.54) is 38.5 Å². The highest BCUT2D eigenvalue weighted by atomic mass is 16.5. The molecule has 162 valence electrons. The van der Waals surface area contributed by atoms with Crippen molar-refractivity contribution < 1.29 is 19.1 Å². The summed E-state index contributed by atoms with van der Waals surface area (Å²) in [5.74, 6) is -0.681. The largest absolute Gasteiger partial charge is 0.466 e. The van der Waals surface area contributed by atoms with E-state index in [0.717, 1.165) is 32.1 Å². The van der Waals surface area contributed by atoms with Crippen molar-refractivity contribution in [3.8, 4) is 0 Å². The van der Waals surface area contributed by atoms with Crippen LogP contribution in [-0.4, -0.2) is 48.4 Å². The van der Waals surface area contributed by atoms with Crippen LogP contribution in [0.4, 0.5) is 0 Å². The van der Waals surface area contributed by atoms with E-state index in [0.29, 0.717) is 26.1 Å². The highest BCUT2D eigenvalue weighted by Crippen LogP contribution is 2.14. The van der Waals surface area contributed by atoms with Gasteiger partial charge in [-0.1, -0.05) is 71.6 Å². The van der Waals surface area contributed by atoms with E-state index in [2.05, 4.69) is 19.2 Å². The van der Waals surface area contributed by atoms with Gasteiger partial charge in [0.15, 0.2) is 0 Å². The van der Waals surface area contributed by atoms with Crippen molar-refractivity contribution in [1.82, 2.24) is 10.2 Å². The van der Waals surface area contributed by atoms with Crippen LogP contribution in [0.25, 0.3) is 0 Å². The molecule has 1 fully saturated rings. The number of unbranched alkanes of at least 4 members (excludes halogenated alkanes) is 9. The lowest BCUT2D eigenvalue weighted by Gasteiger charge is -2.34. The quantitative estimate of drug-likeness (QED) is 0.336. The molecule has 6 heteroatoms. The summed E-state index contributed by atoms with van der Waals surface area (Å²) in [5.41, 5.74) is 0. The van der Waals surface area contributed by atoms with Crippen LogP contribution in [0.3, 0.4) is 0 Å². The van der Waals surface area contributed by atoms with Gasteiger partial charge in [0.05, 0.1) is 13.0 Å². The predicted molar refractivity (Wildman–Crippen MR) is 111 cm³/mol. The first-order valence-corrected chi connectivity index (χ1v) is 11.3. The summed E-state index contributed by atoms with van der Waals surface area (Å²) in [6.45, 7) is 5.61. The first-order valence-electron chi connectivity index (χ1n) is 11.3. The number of piperazine rings is 1. The van der Waals surface area contributed by atoms with Gasteiger partial charge in [0, 0.05) is 19.5 Å². The van der Waals surface area contributed by atoms with Gasteiger partial charge in [-0.2, -0.15) is 0 Å². The average molecular weight is 397 g/mol. The lowest BCUT2D eigenvalue weighted by Crippen LogP contribution is -2.57. The number of esters is 1. The molecule has 2 amide bonds. The highest BCUT2D eigenvalue weighted by molar-refractivity contribution is 5.91. The van der Waals surface area contributed by atoms with Gasteiger partial charge in [0.1, 0.15) is 6.04 Å². The molecule has 1 unspecified atom stereocenters. The zero-order valence-corrected chi connectivity index (χ0v) is 18.0. The Morgan fingerprint density at radius 1 is 0.964 bits per heavy atom. The molecule has 0 aromatic rings. The monoisotopic (exact) mass is 396 g/mol. The molecule has 6 nitrogen and oxygen atoms in total. The SMILES string of the molecule is CCCCCCCCCCOC(=O)CC1C(=O)NCCN1C(=O)CCCCC. The van der Waals surface area contributed by atoms with Gasteiger partial charge in [-0.3, -0.25) is 14.4 Å². The fourth-order valence-electron chi connectivity index (χ4n) is 3.52. The summed E-state index contributed by atoms with van der Waals surface area (Å²) in [6.07, 6.45) is 12.7. The topological polar surface area (TPSA) is 75.7 Å². The number of carbonyl (C=O) groups excluding carboxylic acids is 3. The van der Waals surface area contributed by atoms with Gasteiger partial charge in [0.2, 0.25) is 11.8 Å². The van der Waals surface area contributed by atoms with Gasteiger partial charge >= 0.3 is 5.97 Å². The van der Waals surface area contributed by atoms with E-state index >= 15 is 0 Å². The molecule has 1 aliphatic heterocycles. The van der Waals surface area contributed by atoms with E-state index in [1.54, 1.807) is 4.90 Å². The van der Waals surface area contributed by atoms with Crippen LogP contribution in [0.15, 0.2) is 0 Å². The molecular formula is C22H40N2O4. The fourth-order valence-corrected chi connectivity index (χ4v) is 3.52. The molecule has 1 aliphatic rings. The van der Waals surface area contributed by atoms with E-state index in [-0.39, 0.29) is 18.2 Å². The van der Waals surface area contributed by atoms with Crippen molar-refractivity contribution in [3.05, 3.63) is 0 Å². The number of nitrogens with one attached hydrogen (secondary N) is 1. The van der Waals surface area contributed by atoms with E-state index < -0.39 is 12.0 Å². The first-order chi connectivity index (χ1) is 13.6. The number of rotatable bonds is 15. The fraction of sp³-hybridized carbons (Fsp3) is 0.864. The maximum Gasteiger partial charge on any atom is 0.308 e. The minimum absolute atomic E-state index is 0.0378. The second-order valence-corrected chi connectivity index (χ2v) is 7.75. The molecule has 0 bridgehead atoms. The lowest BCUT2D eigenvalue weighted by atomic mass is 10.1. The summed E-state index contributed by atoms with van der Waals surface area (Å²) < 4.78 is 5.31. The molecule has 0 aliphatic carbocycles. The third-order valence-corrected chi connectivity index (χ3v) is 5.27. The third-order valence-electron chi connectivity index (χ3n) is 5.27. The summed E-state index contributed by atoms with van der Waals surface area (Å²) in [6, 6.07) is -0.728. The molecule has 28 heavy (non-hydrogen) atoms. The maximum absolute atomic E-state index is 12.4. The number of hydrogen-bond acceptors (Lipinski definition) is 4. The molecule has 0 saturated carbocycles. The Balaban J connectivity index is 2.26. The number of amides is 2. The van der Waals surface area contributed by atoms with Crippen LogP contribution in [0, 0.1) is 0 Å². The first kappa shape index (κ1) is 24.4. The number of ether oxygens (including phenoxy) is 1. The van der Waals surface area contributed by atoms with Crippen LogP contribution >= 0.6 is 0 Å². The third kappa shape index (κ3) is 10.1. The van der Waals surface area contributed by atoms with Crippen LogP contribution < -0.4 is 5.32 Å². The standard InChI is InChI=1S/C22H40N2O4/c1-3-5-7-8-9-10-11-13-17-28-21(26)18-19-22(27)23-15-16-24(19)20(25)14-12-6-4-2/h19H,3-18H2,1-2H3,(H,23,27). The number of carbonyl (C=O) groups is 3. The molecule has 1 atom stereocenters. The van der Waals surface area contributed by atoms with Gasteiger partial charge < -0.3 is 15.0 Å². The molecule has 0 radical (unpaired) electrons. The summed E-state index contributed by atoms with van der Waals surface area (Å²) >= 11 is 0. The number of hydrogen-bond donors (Lipinski definition) is 1. The van der Waals surface area contributed by atoms with Gasteiger partial charge in [0.25, 0.3) is 0 Å². The zero-order chi connectivity index (χ0) is 20.6. The predicted octanol–water partition coefficient (Wildman–Crippen LogP) is 3.97. The van der Waals surface area contributed by atoms with Crippen LogP contribution in [-0.2, 0) is 19.1 Å². The van der Waals surface area contributed by atoms with Gasteiger partial charge in [-0.25, -0.2) is 0 Å². The van der Waals surface area contributed by atoms with Crippen molar-refractivity contribution in [3.63, 3.8) is 0 Å². The van der Waals surface area contributed by atoms with Crippen LogP contribution in [0.1, 0.15) is 97.3 Å². The summed E-state index contributed by atoms with van der Waals surface area (Å²) in [5, 5.41) is 2.75. The molecular weight excluding hydrogens is 356 g/mol. The molecule has 1 N–H and O–H groups in total. The Hall–Kier alpha value is -1.59. The van der Waals surface area contributed by atoms with Crippen molar-refractivity contribution in [2.24, 2.45) is 0 Å². The van der Waals surface area contributed by atoms with Crippen molar-refractivity contribution in [2.45, 2.75) is 103 Å². The lowest BCUT2D eigenvalue weighted by molar-refractivity contribution is -0.152. The Kier molecular flexibility index (Phi) is 13.4. The average Bonchev–Trinajstić information content (AvgIpc) is 2.68. The minimum Gasteiger partial charge on any atom is -0.466 e. The van der Waals surface area contributed by atoms with Crippen molar-refractivity contribution >= 4 is 17.8 Å². The maximum atomic E-state index is 12.4. The van der Waals surface area contributed by atoms with E-state index in [9.17, 15) is 14.4 Å². The normalized spacial score (nSPS) is 16.7. The molecule has 1 rings (SSSR count). The van der Waals surface area contributed by atoms with E-state index in [1.807, 2.05) is 0 Å². The minimum atomic E-state index is -0.728. The molecule has 0 aromatic carbocycles. The van der Waals surface area contributed by atoms with Crippen molar-refractivity contribution in [1.29, 1.82) is 0 Å². The molecule has 1 saturated heterocycles. The number of nitrogens with zero attached hydrogens (tertiary/aromatic N) is 1. The Bertz CT molecular complexity index is 467. The Morgan fingerprint density at radius 2 is 1.57 bits per heavy atom. The summed E-state index contributed by atoms with van der Waals surface area (Å²) in [4.78, 5) is 38.3. The second kappa shape index (κ2) is 15.3. The Morgan fingerprint density at radius 3 is 2.25 bits per heavy atom. The molecule has 1 heterocycles. The van der Waals surface area contributed by atoms with Crippen LogP contribution in [0.2, 0.25) is 0 Å². The van der Waals surface area contributed by atoms with Gasteiger partial charge in [-0.15, -0.1) is 0 Å². The second-order valence-electron chi connectivity index (χ2n) is 7.75. The zero-order valence-electron chi connectivity index (χ0n) is 18.0.